The molecule has 0 fully saturated rings. The van der Waals surface area contributed by atoms with Crippen LogP contribution in [0.2, 0.25) is 0 Å². The molecule has 4 heteroatoms. The standard InChI is InChI=1S/C15H15ClN2O/c1-11-4-2-6-13-15(11)18(14(10-16)17-13)8-7-12-5-3-9-19-12/h2-6,9H,7-8,10H2,1H3. The van der Waals surface area contributed by atoms with Crippen LogP contribution in [0.25, 0.3) is 11.0 Å². The second-order valence-electron chi connectivity index (χ2n) is 4.59. The molecule has 0 bridgehead atoms. The smallest absolute Gasteiger partial charge is 0.124 e. The van der Waals surface area contributed by atoms with Gasteiger partial charge in [-0.05, 0) is 30.7 Å². The zero-order valence-corrected chi connectivity index (χ0v) is 11.5. The van der Waals surface area contributed by atoms with Gasteiger partial charge in [0.25, 0.3) is 0 Å². The molecule has 0 unspecified atom stereocenters. The minimum Gasteiger partial charge on any atom is -0.469 e. The van der Waals surface area contributed by atoms with Crippen molar-refractivity contribution < 1.29 is 4.42 Å². The quantitative estimate of drug-likeness (QED) is 0.675. The van der Waals surface area contributed by atoms with E-state index in [0.29, 0.717) is 5.88 Å². The Labute approximate surface area is 116 Å². The molecule has 0 saturated carbocycles. The topological polar surface area (TPSA) is 31.0 Å². The fourth-order valence-electron chi connectivity index (χ4n) is 2.43. The van der Waals surface area contributed by atoms with Crippen molar-refractivity contribution in [3.63, 3.8) is 0 Å². The summed E-state index contributed by atoms with van der Waals surface area (Å²) in [6.07, 6.45) is 2.55. The number of benzene rings is 1. The van der Waals surface area contributed by atoms with Crippen molar-refractivity contribution >= 4 is 22.6 Å². The van der Waals surface area contributed by atoms with Crippen molar-refractivity contribution in [1.29, 1.82) is 0 Å². The number of halogens is 1. The van der Waals surface area contributed by atoms with Gasteiger partial charge in [0.15, 0.2) is 0 Å². The van der Waals surface area contributed by atoms with Gasteiger partial charge < -0.3 is 8.98 Å². The summed E-state index contributed by atoms with van der Waals surface area (Å²) in [6.45, 7) is 2.93. The first-order valence-corrected chi connectivity index (χ1v) is 6.86. The molecule has 98 valence electrons. The number of hydrogen-bond acceptors (Lipinski definition) is 2. The van der Waals surface area contributed by atoms with Gasteiger partial charge in [-0.1, -0.05) is 12.1 Å². The van der Waals surface area contributed by atoms with Gasteiger partial charge in [0.2, 0.25) is 0 Å². The van der Waals surface area contributed by atoms with E-state index in [1.807, 2.05) is 24.3 Å². The van der Waals surface area contributed by atoms with E-state index in [4.69, 9.17) is 16.0 Å². The minimum atomic E-state index is 0.423. The highest BCUT2D eigenvalue weighted by atomic mass is 35.5. The molecular formula is C15H15ClN2O. The fourth-order valence-corrected chi connectivity index (χ4v) is 2.64. The molecule has 0 aliphatic carbocycles. The van der Waals surface area contributed by atoms with Gasteiger partial charge in [-0.3, -0.25) is 0 Å². The number of aromatic nitrogens is 2. The molecule has 2 heterocycles. The first-order valence-electron chi connectivity index (χ1n) is 6.32. The summed E-state index contributed by atoms with van der Waals surface area (Å²) in [4.78, 5) is 4.59. The average Bonchev–Trinajstić information content (AvgIpc) is 3.03. The fraction of sp³-hybridized carbons (Fsp3) is 0.267. The summed E-state index contributed by atoms with van der Waals surface area (Å²) in [5, 5.41) is 0. The van der Waals surface area contributed by atoms with Crippen molar-refractivity contribution in [3.05, 3.63) is 53.7 Å². The lowest BCUT2D eigenvalue weighted by Gasteiger charge is -2.08. The summed E-state index contributed by atoms with van der Waals surface area (Å²) < 4.78 is 7.58. The lowest BCUT2D eigenvalue weighted by atomic mass is 10.2. The van der Waals surface area contributed by atoms with E-state index in [1.165, 1.54) is 11.1 Å². The Morgan fingerprint density at radius 1 is 1.26 bits per heavy atom. The van der Waals surface area contributed by atoms with Crippen LogP contribution in [0.4, 0.5) is 0 Å². The Hall–Kier alpha value is -1.74. The molecule has 0 radical (unpaired) electrons. The van der Waals surface area contributed by atoms with E-state index < -0.39 is 0 Å². The predicted molar refractivity (Wildman–Crippen MR) is 76.4 cm³/mol. The molecule has 2 aromatic heterocycles. The minimum absolute atomic E-state index is 0.423. The van der Waals surface area contributed by atoms with Gasteiger partial charge in [-0.2, -0.15) is 0 Å². The lowest BCUT2D eigenvalue weighted by Crippen LogP contribution is -2.05. The molecule has 3 rings (SSSR count). The maximum absolute atomic E-state index is 6.01. The number of para-hydroxylation sites is 1. The third kappa shape index (κ3) is 2.26. The second-order valence-corrected chi connectivity index (χ2v) is 4.85. The van der Waals surface area contributed by atoms with Crippen molar-refractivity contribution in [1.82, 2.24) is 9.55 Å². The van der Waals surface area contributed by atoms with Crippen LogP contribution in [0, 0.1) is 6.92 Å². The maximum atomic E-state index is 6.01. The van der Waals surface area contributed by atoms with E-state index >= 15 is 0 Å². The third-order valence-electron chi connectivity index (χ3n) is 3.33. The van der Waals surface area contributed by atoms with Crippen molar-refractivity contribution in [2.75, 3.05) is 0 Å². The summed E-state index contributed by atoms with van der Waals surface area (Å²) in [5.74, 6) is 2.32. The van der Waals surface area contributed by atoms with Crippen LogP contribution < -0.4 is 0 Å². The van der Waals surface area contributed by atoms with E-state index in [9.17, 15) is 0 Å². The Morgan fingerprint density at radius 2 is 2.16 bits per heavy atom. The SMILES string of the molecule is Cc1cccc2nc(CCl)n(CCc3ccco3)c12. The number of imidazole rings is 1. The molecule has 0 aliphatic rings. The number of nitrogens with zero attached hydrogens (tertiary/aromatic N) is 2. The normalized spacial score (nSPS) is 11.3. The zero-order valence-electron chi connectivity index (χ0n) is 10.8. The van der Waals surface area contributed by atoms with Crippen molar-refractivity contribution in [2.24, 2.45) is 0 Å². The van der Waals surface area contributed by atoms with Crippen molar-refractivity contribution in [3.8, 4) is 0 Å². The Kier molecular flexibility index (Phi) is 3.30. The summed E-state index contributed by atoms with van der Waals surface area (Å²) in [7, 11) is 0. The molecule has 0 saturated heterocycles. The van der Waals surface area contributed by atoms with Gasteiger partial charge >= 0.3 is 0 Å². The van der Waals surface area contributed by atoms with E-state index in [0.717, 1.165) is 30.1 Å². The zero-order chi connectivity index (χ0) is 13.2. The summed E-state index contributed by atoms with van der Waals surface area (Å²) >= 11 is 6.01. The summed E-state index contributed by atoms with van der Waals surface area (Å²) in [5.41, 5.74) is 3.40. The molecule has 3 nitrogen and oxygen atoms in total. The molecule has 0 atom stereocenters. The van der Waals surface area contributed by atoms with Gasteiger partial charge in [0, 0.05) is 13.0 Å². The first kappa shape index (κ1) is 12.3. The van der Waals surface area contributed by atoms with Crippen LogP contribution in [0.15, 0.2) is 41.0 Å². The monoisotopic (exact) mass is 274 g/mol. The molecule has 0 spiro atoms. The Bertz CT molecular complexity index is 686. The number of rotatable bonds is 4. The number of aryl methyl sites for hydroxylation is 3. The van der Waals surface area contributed by atoms with Crippen LogP contribution in [0.3, 0.4) is 0 Å². The molecule has 3 aromatic rings. The maximum Gasteiger partial charge on any atom is 0.124 e. The predicted octanol–water partition coefficient (Wildman–Crippen LogP) is 3.92. The van der Waals surface area contributed by atoms with E-state index in [-0.39, 0.29) is 0 Å². The number of fused-ring (bicyclic) bond motifs is 1. The largest absolute Gasteiger partial charge is 0.469 e. The van der Waals surface area contributed by atoms with Gasteiger partial charge in [-0.25, -0.2) is 4.98 Å². The van der Waals surface area contributed by atoms with Crippen LogP contribution in [0.1, 0.15) is 17.1 Å². The molecule has 19 heavy (non-hydrogen) atoms. The molecular weight excluding hydrogens is 260 g/mol. The molecule has 0 N–H and O–H groups in total. The van der Waals surface area contributed by atoms with Crippen LogP contribution >= 0.6 is 11.6 Å². The Balaban J connectivity index is 2.00. The molecule has 0 aliphatic heterocycles. The van der Waals surface area contributed by atoms with Crippen LogP contribution in [0.5, 0.6) is 0 Å². The van der Waals surface area contributed by atoms with Crippen LogP contribution in [-0.4, -0.2) is 9.55 Å². The number of alkyl halides is 1. The molecule has 1 aromatic carbocycles. The van der Waals surface area contributed by atoms with E-state index in [2.05, 4.69) is 22.5 Å². The Morgan fingerprint density at radius 3 is 2.89 bits per heavy atom. The van der Waals surface area contributed by atoms with Gasteiger partial charge in [0.05, 0.1) is 23.2 Å². The highest BCUT2D eigenvalue weighted by Gasteiger charge is 2.11. The number of furan rings is 1. The van der Waals surface area contributed by atoms with Gasteiger partial charge in [-0.15, -0.1) is 11.6 Å². The number of hydrogen-bond donors (Lipinski definition) is 0. The third-order valence-corrected chi connectivity index (χ3v) is 3.57. The highest BCUT2D eigenvalue weighted by molar-refractivity contribution is 6.16. The highest BCUT2D eigenvalue weighted by Crippen LogP contribution is 2.21. The van der Waals surface area contributed by atoms with Gasteiger partial charge in [0.1, 0.15) is 11.6 Å². The van der Waals surface area contributed by atoms with Crippen molar-refractivity contribution in [2.45, 2.75) is 25.8 Å². The average molecular weight is 275 g/mol. The van der Waals surface area contributed by atoms with Crippen LogP contribution in [-0.2, 0) is 18.8 Å². The van der Waals surface area contributed by atoms with E-state index in [1.54, 1.807) is 6.26 Å². The lowest BCUT2D eigenvalue weighted by molar-refractivity contribution is 0.491. The first-order chi connectivity index (χ1) is 9.29. The second kappa shape index (κ2) is 5.10. The molecule has 0 amide bonds. The summed E-state index contributed by atoms with van der Waals surface area (Å²) in [6, 6.07) is 10.1.